The molecule has 1 atom stereocenters. The van der Waals surface area contributed by atoms with Crippen molar-refractivity contribution in [1.82, 2.24) is 9.88 Å². The monoisotopic (exact) mass is 336 g/mol. The first-order valence-electron chi connectivity index (χ1n) is 8.91. The first kappa shape index (κ1) is 15.9. The number of nitrogens with zero attached hydrogens (tertiary/aromatic N) is 2. The van der Waals surface area contributed by atoms with E-state index in [1.165, 1.54) is 5.56 Å². The minimum Gasteiger partial charge on any atom is -0.397 e. The van der Waals surface area contributed by atoms with Crippen molar-refractivity contribution in [3.05, 3.63) is 53.9 Å². The summed E-state index contributed by atoms with van der Waals surface area (Å²) < 4.78 is 0. The van der Waals surface area contributed by atoms with Gasteiger partial charge in [-0.1, -0.05) is 6.07 Å². The summed E-state index contributed by atoms with van der Waals surface area (Å²) in [7, 11) is 0. The molecule has 1 aliphatic heterocycles. The van der Waals surface area contributed by atoms with Crippen LogP contribution in [0.4, 0.5) is 11.4 Å². The second kappa shape index (κ2) is 6.06. The van der Waals surface area contributed by atoms with E-state index in [0.29, 0.717) is 17.2 Å². The van der Waals surface area contributed by atoms with Gasteiger partial charge in [0.15, 0.2) is 0 Å². The minimum atomic E-state index is 0.0577. The van der Waals surface area contributed by atoms with E-state index in [4.69, 9.17) is 5.73 Å². The Hall–Kier alpha value is -2.56. The fourth-order valence-corrected chi connectivity index (χ4v) is 3.46. The molecule has 5 heteroatoms. The van der Waals surface area contributed by atoms with Gasteiger partial charge >= 0.3 is 0 Å². The predicted molar refractivity (Wildman–Crippen MR) is 99.6 cm³/mol. The van der Waals surface area contributed by atoms with Crippen molar-refractivity contribution in [2.75, 3.05) is 24.1 Å². The van der Waals surface area contributed by atoms with Crippen LogP contribution in [0.1, 0.15) is 48.0 Å². The number of hydrogen-bond acceptors (Lipinski definition) is 4. The van der Waals surface area contributed by atoms with Gasteiger partial charge in [0.25, 0.3) is 5.91 Å². The van der Waals surface area contributed by atoms with E-state index < -0.39 is 0 Å². The Morgan fingerprint density at radius 3 is 2.88 bits per heavy atom. The van der Waals surface area contributed by atoms with E-state index in [1.807, 2.05) is 29.3 Å². The number of benzene rings is 1. The summed E-state index contributed by atoms with van der Waals surface area (Å²) in [6.07, 6.45) is 6.98. The van der Waals surface area contributed by atoms with Crippen molar-refractivity contribution < 1.29 is 4.79 Å². The first-order chi connectivity index (χ1) is 12.0. The normalized spacial score (nSPS) is 21.2. The van der Waals surface area contributed by atoms with Crippen LogP contribution in [0.2, 0.25) is 0 Å². The molecule has 1 saturated heterocycles. The summed E-state index contributed by atoms with van der Waals surface area (Å²) in [5.41, 5.74) is 9.77. The second-order valence-electron chi connectivity index (χ2n) is 7.51. The topological polar surface area (TPSA) is 71.2 Å². The van der Waals surface area contributed by atoms with Gasteiger partial charge in [-0.3, -0.25) is 9.78 Å². The van der Waals surface area contributed by atoms with Gasteiger partial charge in [0.1, 0.15) is 0 Å². The Bertz CT molecular complexity index is 786. The number of hydrogen-bond donors (Lipinski definition) is 2. The van der Waals surface area contributed by atoms with Gasteiger partial charge in [-0.2, -0.15) is 0 Å². The minimum absolute atomic E-state index is 0.0577. The fraction of sp³-hybridized carbons (Fsp3) is 0.400. The Morgan fingerprint density at radius 1 is 1.36 bits per heavy atom. The second-order valence-corrected chi connectivity index (χ2v) is 7.51. The molecule has 1 amide bonds. The van der Waals surface area contributed by atoms with Crippen molar-refractivity contribution in [2.45, 2.75) is 37.6 Å². The lowest BCUT2D eigenvalue weighted by molar-refractivity contribution is 0.0791. The number of aromatic nitrogens is 1. The molecule has 1 aromatic heterocycles. The Morgan fingerprint density at radius 2 is 2.20 bits per heavy atom. The maximum Gasteiger partial charge on any atom is 0.253 e. The molecular formula is C20H24N4O. The molecule has 0 radical (unpaired) electrons. The number of anilines is 2. The molecule has 5 nitrogen and oxygen atoms in total. The van der Waals surface area contributed by atoms with Crippen LogP contribution in [0.25, 0.3) is 0 Å². The fourth-order valence-electron chi connectivity index (χ4n) is 3.46. The van der Waals surface area contributed by atoms with Crippen LogP contribution in [-0.4, -0.2) is 34.4 Å². The van der Waals surface area contributed by atoms with Crippen LogP contribution in [0.15, 0.2) is 42.7 Å². The SMILES string of the molecule is CC1(Nc2ccc(C(=O)N3CCC(c4cccnc4)C3)cc2N)CC1. The maximum atomic E-state index is 12.8. The number of likely N-dealkylation sites (tertiary alicyclic amines) is 1. The number of carbonyl (C=O) groups is 1. The molecule has 1 unspecified atom stereocenters. The molecular weight excluding hydrogens is 312 g/mol. The van der Waals surface area contributed by atoms with E-state index >= 15 is 0 Å². The molecule has 1 aromatic carbocycles. The van der Waals surface area contributed by atoms with E-state index in [1.54, 1.807) is 12.3 Å². The largest absolute Gasteiger partial charge is 0.397 e. The summed E-state index contributed by atoms with van der Waals surface area (Å²) in [6.45, 7) is 3.70. The Kier molecular flexibility index (Phi) is 3.86. The average Bonchev–Trinajstić information content (AvgIpc) is 3.15. The summed E-state index contributed by atoms with van der Waals surface area (Å²) in [5.74, 6) is 0.424. The molecule has 0 bridgehead atoms. The highest BCUT2D eigenvalue weighted by Crippen LogP contribution is 2.39. The molecule has 2 heterocycles. The van der Waals surface area contributed by atoms with Crippen LogP contribution < -0.4 is 11.1 Å². The van der Waals surface area contributed by atoms with Crippen molar-refractivity contribution in [1.29, 1.82) is 0 Å². The third-order valence-electron chi connectivity index (χ3n) is 5.37. The van der Waals surface area contributed by atoms with Gasteiger partial charge < -0.3 is 16.0 Å². The molecule has 0 spiro atoms. The average molecular weight is 336 g/mol. The standard InChI is InChI=1S/C20H24N4O/c1-20(7-8-20)23-18-5-4-14(11-17(18)21)19(25)24-10-6-16(13-24)15-3-2-9-22-12-15/h2-5,9,11-12,16,23H,6-8,10,13,21H2,1H3. The zero-order chi connectivity index (χ0) is 17.4. The van der Waals surface area contributed by atoms with Crippen molar-refractivity contribution >= 4 is 17.3 Å². The highest BCUT2D eigenvalue weighted by atomic mass is 16.2. The van der Waals surface area contributed by atoms with Crippen LogP contribution in [-0.2, 0) is 0 Å². The third kappa shape index (κ3) is 3.31. The van der Waals surface area contributed by atoms with Crippen LogP contribution in [0.3, 0.4) is 0 Å². The molecule has 4 rings (SSSR count). The highest BCUT2D eigenvalue weighted by Gasteiger charge is 2.37. The third-order valence-corrected chi connectivity index (χ3v) is 5.37. The molecule has 25 heavy (non-hydrogen) atoms. The van der Waals surface area contributed by atoms with Crippen molar-refractivity contribution in [2.24, 2.45) is 0 Å². The van der Waals surface area contributed by atoms with E-state index in [9.17, 15) is 4.79 Å². The van der Waals surface area contributed by atoms with Crippen LogP contribution in [0.5, 0.6) is 0 Å². The molecule has 3 N–H and O–H groups in total. The van der Waals surface area contributed by atoms with Crippen molar-refractivity contribution in [3.63, 3.8) is 0 Å². The molecule has 1 aliphatic carbocycles. The van der Waals surface area contributed by atoms with E-state index in [2.05, 4.69) is 23.3 Å². The number of carbonyl (C=O) groups excluding carboxylic acids is 1. The van der Waals surface area contributed by atoms with Crippen LogP contribution >= 0.6 is 0 Å². The molecule has 1 saturated carbocycles. The maximum absolute atomic E-state index is 12.8. The summed E-state index contributed by atoms with van der Waals surface area (Å²) in [5, 5.41) is 3.47. The Labute approximate surface area is 148 Å². The van der Waals surface area contributed by atoms with E-state index in [0.717, 1.165) is 38.0 Å². The number of nitrogens with two attached hydrogens (primary N) is 1. The first-order valence-corrected chi connectivity index (χ1v) is 8.91. The van der Waals surface area contributed by atoms with Gasteiger partial charge in [-0.25, -0.2) is 0 Å². The predicted octanol–water partition coefficient (Wildman–Crippen LogP) is 3.26. The number of rotatable bonds is 4. The molecule has 130 valence electrons. The smallest absolute Gasteiger partial charge is 0.253 e. The number of pyridine rings is 1. The summed E-state index contributed by atoms with van der Waals surface area (Å²) >= 11 is 0. The summed E-state index contributed by atoms with van der Waals surface area (Å²) in [6, 6.07) is 9.65. The van der Waals surface area contributed by atoms with E-state index in [-0.39, 0.29) is 11.4 Å². The lowest BCUT2D eigenvalue weighted by Crippen LogP contribution is -2.28. The summed E-state index contributed by atoms with van der Waals surface area (Å²) in [4.78, 5) is 18.9. The van der Waals surface area contributed by atoms with Gasteiger partial charge in [-0.15, -0.1) is 0 Å². The van der Waals surface area contributed by atoms with Crippen LogP contribution in [0, 0.1) is 0 Å². The van der Waals surface area contributed by atoms with Gasteiger partial charge in [0, 0.05) is 42.5 Å². The van der Waals surface area contributed by atoms with Crippen molar-refractivity contribution in [3.8, 4) is 0 Å². The zero-order valence-corrected chi connectivity index (χ0v) is 14.5. The lowest BCUT2D eigenvalue weighted by atomic mass is 10.0. The van der Waals surface area contributed by atoms with Gasteiger partial charge in [-0.05, 0) is 56.0 Å². The number of amides is 1. The van der Waals surface area contributed by atoms with Gasteiger partial charge in [0.2, 0.25) is 0 Å². The lowest BCUT2D eigenvalue weighted by Gasteiger charge is -2.19. The zero-order valence-electron chi connectivity index (χ0n) is 14.5. The number of nitrogens with one attached hydrogen (secondary N) is 1. The molecule has 2 fully saturated rings. The highest BCUT2D eigenvalue weighted by molar-refractivity contribution is 5.96. The molecule has 2 aliphatic rings. The molecule has 2 aromatic rings. The Balaban J connectivity index is 1.45. The quantitative estimate of drug-likeness (QED) is 0.841. The number of nitrogen functional groups attached to an aromatic ring is 1. The van der Waals surface area contributed by atoms with Gasteiger partial charge in [0.05, 0.1) is 11.4 Å².